The lowest BCUT2D eigenvalue weighted by Crippen LogP contribution is -2.25. The van der Waals surface area contributed by atoms with Gasteiger partial charge in [-0.15, -0.1) is 11.6 Å². The molecule has 0 aliphatic rings. The Morgan fingerprint density at radius 2 is 2.21 bits per heavy atom. The predicted octanol–water partition coefficient (Wildman–Crippen LogP) is 2.21. The molecule has 0 N–H and O–H groups in total. The zero-order chi connectivity index (χ0) is 10.7. The van der Waals surface area contributed by atoms with Crippen molar-refractivity contribution in [3.8, 4) is 0 Å². The molecule has 76 valence electrons. The third-order valence-corrected chi connectivity index (χ3v) is 2.55. The second-order valence-electron chi connectivity index (χ2n) is 3.03. The van der Waals surface area contributed by atoms with Crippen LogP contribution in [0, 0.1) is 0 Å². The molecule has 0 spiro atoms. The molecule has 1 aromatic rings. The van der Waals surface area contributed by atoms with Gasteiger partial charge in [-0.25, -0.2) is 0 Å². The second kappa shape index (κ2) is 4.75. The molecule has 0 saturated heterocycles. The fraction of sp³-hybridized carbons (Fsp3) is 0.333. The first-order chi connectivity index (χ1) is 6.52. The van der Waals surface area contributed by atoms with Crippen molar-refractivity contribution in [1.82, 2.24) is 9.88 Å². The Balaban J connectivity index is 2.89. The number of nitrogens with zero attached hydrogens (tertiary/aromatic N) is 2. The van der Waals surface area contributed by atoms with Gasteiger partial charge in [0.2, 0.25) is 5.91 Å². The average Bonchev–Trinajstić information content (AvgIpc) is 2.15. The summed E-state index contributed by atoms with van der Waals surface area (Å²) >= 11 is 9.24. The van der Waals surface area contributed by atoms with Gasteiger partial charge in [-0.3, -0.25) is 9.78 Å². The summed E-state index contributed by atoms with van der Waals surface area (Å²) in [6, 6.07) is 1.78. The zero-order valence-corrected chi connectivity index (χ0v) is 10.2. The minimum atomic E-state index is -0.671. The molecule has 1 rings (SSSR count). The zero-order valence-electron chi connectivity index (χ0n) is 7.87. The molecule has 1 amide bonds. The number of aromatic nitrogens is 1. The van der Waals surface area contributed by atoms with Crippen LogP contribution in [0.3, 0.4) is 0 Å². The highest BCUT2D eigenvalue weighted by molar-refractivity contribution is 9.10. The van der Waals surface area contributed by atoms with Gasteiger partial charge in [-0.2, -0.15) is 0 Å². The van der Waals surface area contributed by atoms with E-state index in [1.54, 1.807) is 32.6 Å². The monoisotopic (exact) mass is 276 g/mol. The van der Waals surface area contributed by atoms with E-state index in [1.807, 2.05) is 0 Å². The lowest BCUT2D eigenvalue weighted by Gasteiger charge is -2.15. The van der Waals surface area contributed by atoms with Crippen LogP contribution in [0.4, 0.5) is 0 Å². The van der Waals surface area contributed by atoms with Gasteiger partial charge in [-0.1, -0.05) is 0 Å². The molecule has 14 heavy (non-hydrogen) atoms. The van der Waals surface area contributed by atoms with Crippen molar-refractivity contribution in [2.45, 2.75) is 5.38 Å². The van der Waals surface area contributed by atoms with E-state index in [0.29, 0.717) is 5.56 Å². The maximum Gasteiger partial charge on any atom is 0.244 e. The standard InChI is InChI=1S/C9H10BrClN2O/c1-13(2)9(14)8(11)6-3-7(10)5-12-4-6/h3-5,8H,1-2H3. The number of carbonyl (C=O) groups excluding carboxylic acids is 1. The summed E-state index contributed by atoms with van der Waals surface area (Å²) in [6.07, 6.45) is 3.23. The number of pyridine rings is 1. The molecule has 0 bridgehead atoms. The van der Waals surface area contributed by atoms with Crippen LogP contribution in [-0.2, 0) is 4.79 Å². The minimum absolute atomic E-state index is 0.147. The Morgan fingerprint density at radius 3 is 2.71 bits per heavy atom. The molecule has 1 unspecified atom stereocenters. The fourth-order valence-electron chi connectivity index (χ4n) is 0.936. The lowest BCUT2D eigenvalue weighted by molar-refractivity contribution is -0.128. The quantitative estimate of drug-likeness (QED) is 0.777. The van der Waals surface area contributed by atoms with Crippen LogP contribution in [0.5, 0.6) is 0 Å². The Labute approximate surface area is 96.2 Å². The smallest absolute Gasteiger partial charge is 0.244 e. The van der Waals surface area contributed by atoms with Gasteiger partial charge in [0.25, 0.3) is 0 Å². The normalized spacial score (nSPS) is 12.3. The number of carbonyl (C=O) groups is 1. The molecular weight excluding hydrogens is 267 g/mol. The fourth-order valence-corrected chi connectivity index (χ4v) is 1.63. The summed E-state index contributed by atoms with van der Waals surface area (Å²) < 4.78 is 0.812. The first kappa shape index (κ1) is 11.5. The Bertz CT molecular complexity index is 343. The van der Waals surface area contributed by atoms with Crippen LogP contribution >= 0.6 is 27.5 Å². The van der Waals surface area contributed by atoms with Gasteiger partial charge >= 0.3 is 0 Å². The number of likely N-dealkylation sites (N-methyl/N-ethyl adjacent to an activating group) is 1. The molecule has 0 radical (unpaired) electrons. The van der Waals surface area contributed by atoms with Crippen LogP contribution in [0.25, 0.3) is 0 Å². The summed E-state index contributed by atoms with van der Waals surface area (Å²) in [7, 11) is 3.34. The van der Waals surface area contributed by atoms with Crippen LogP contribution < -0.4 is 0 Å². The van der Waals surface area contributed by atoms with Crippen molar-refractivity contribution in [2.24, 2.45) is 0 Å². The van der Waals surface area contributed by atoms with E-state index in [2.05, 4.69) is 20.9 Å². The molecule has 1 atom stereocenters. The minimum Gasteiger partial charge on any atom is -0.347 e. The van der Waals surface area contributed by atoms with E-state index in [1.165, 1.54) is 4.90 Å². The Kier molecular flexibility index (Phi) is 3.89. The third-order valence-electron chi connectivity index (χ3n) is 1.68. The van der Waals surface area contributed by atoms with E-state index in [9.17, 15) is 4.79 Å². The lowest BCUT2D eigenvalue weighted by atomic mass is 10.2. The molecular formula is C9H10BrClN2O. The van der Waals surface area contributed by atoms with Crippen molar-refractivity contribution >= 4 is 33.4 Å². The van der Waals surface area contributed by atoms with Crippen LogP contribution in [0.1, 0.15) is 10.9 Å². The van der Waals surface area contributed by atoms with Crippen molar-refractivity contribution < 1.29 is 4.79 Å². The van der Waals surface area contributed by atoms with Crippen molar-refractivity contribution in [2.75, 3.05) is 14.1 Å². The van der Waals surface area contributed by atoms with Crippen LogP contribution in [0.15, 0.2) is 22.9 Å². The topological polar surface area (TPSA) is 33.2 Å². The highest BCUT2D eigenvalue weighted by Gasteiger charge is 2.19. The molecule has 1 heterocycles. The molecule has 0 fully saturated rings. The van der Waals surface area contributed by atoms with Crippen LogP contribution in [0.2, 0.25) is 0 Å². The summed E-state index contributed by atoms with van der Waals surface area (Å²) in [5.41, 5.74) is 0.694. The molecule has 5 heteroatoms. The summed E-state index contributed by atoms with van der Waals surface area (Å²) in [6.45, 7) is 0. The number of alkyl halides is 1. The van der Waals surface area contributed by atoms with E-state index < -0.39 is 5.38 Å². The molecule has 0 aliphatic heterocycles. The van der Waals surface area contributed by atoms with Crippen molar-refractivity contribution in [3.05, 3.63) is 28.5 Å². The summed E-state index contributed by atoms with van der Waals surface area (Å²) in [4.78, 5) is 16.9. The van der Waals surface area contributed by atoms with E-state index in [0.717, 1.165) is 4.47 Å². The predicted molar refractivity (Wildman–Crippen MR) is 59.2 cm³/mol. The van der Waals surface area contributed by atoms with Crippen molar-refractivity contribution in [1.29, 1.82) is 0 Å². The molecule has 0 saturated carbocycles. The highest BCUT2D eigenvalue weighted by Crippen LogP contribution is 2.23. The van der Waals surface area contributed by atoms with E-state index in [-0.39, 0.29) is 5.91 Å². The van der Waals surface area contributed by atoms with Gasteiger partial charge in [0.15, 0.2) is 0 Å². The number of hydrogen-bond acceptors (Lipinski definition) is 2. The van der Waals surface area contributed by atoms with Crippen molar-refractivity contribution in [3.63, 3.8) is 0 Å². The SMILES string of the molecule is CN(C)C(=O)C(Cl)c1cncc(Br)c1. The third kappa shape index (κ3) is 2.69. The molecule has 1 aromatic heterocycles. The maximum atomic E-state index is 11.5. The Morgan fingerprint density at radius 1 is 1.57 bits per heavy atom. The first-order valence-electron chi connectivity index (χ1n) is 3.98. The van der Waals surface area contributed by atoms with Gasteiger partial charge in [0.05, 0.1) is 0 Å². The van der Waals surface area contributed by atoms with E-state index in [4.69, 9.17) is 11.6 Å². The summed E-state index contributed by atoms with van der Waals surface area (Å²) in [5, 5.41) is -0.671. The largest absolute Gasteiger partial charge is 0.347 e. The number of halogens is 2. The second-order valence-corrected chi connectivity index (χ2v) is 4.38. The Hall–Kier alpha value is -0.610. The average molecular weight is 278 g/mol. The molecule has 3 nitrogen and oxygen atoms in total. The van der Waals surface area contributed by atoms with Gasteiger partial charge < -0.3 is 4.90 Å². The van der Waals surface area contributed by atoms with Gasteiger partial charge in [0, 0.05) is 31.0 Å². The molecule has 0 aliphatic carbocycles. The van der Waals surface area contributed by atoms with Gasteiger partial charge in [-0.05, 0) is 27.6 Å². The first-order valence-corrected chi connectivity index (χ1v) is 5.21. The number of amides is 1. The molecule has 0 aromatic carbocycles. The van der Waals surface area contributed by atoms with Crippen LogP contribution in [-0.4, -0.2) is 29.9 Å². The number of hydrogen-bond donors (Lipinski definition) is 0. The maximum absolute atomic E-state index is 11.5. The van der Waals surface area contributed by atoms with E-state index >= 15 is 0 Å². The summed E-state index contributed by atoms with van der Waals surface area (Å²) in [5.74, 6) is -0.147. The van der Waals surface area contributed by atoms with Gasteiger partial charge in [0.1, 0.15) is 5.38 Å². The highest BCUT2D eigenvalue weighted by atomic mass is 79.9. The number of rotatable bonds is 2.